The van der Waals surface area contributed by atoms with Gasteiger partial charge in [-0.1, -0.05) is 36.4 Å². The Labute approximate surface area is 231 Å². The molecular formula is C31H31N5O4. The van der Waals surface area contributed by atoms with E-state index < -0.39 is 0 Å². The van der Waals surface area contributed by atoms with Gasteiger partial charge in [0, 0.05) is 28.7 Å². The number of rotatable bonds is 8. The smallest absolute Gasteiger partial charge is 0.312 e. The highest BCUT2D eigenvalue weighted by atomic mass is 16.6. The van der Waals surface area contributed by atoms with Crippen LogP contribution in [0, 0.1) is 24.0 Å². The van der Waals surface area contributed by atoms with Crippen LogP contribution in [0.15, 0.2) is 66.7 Å². The summed E-state index contributed by atoms with van der Waals surface area (Å²) in [7, 11) is 1.63. The molecule has 0 fully saturated rings. The number of hydrogen-bond acceptors (Lipinski definition) is 6. The van der Waals surface area contributed by atoms with Crippen LogP contribution < -0.4 is 14.8 Å². The molecule has 2 aromatic heterocycles. The molecule has 1 aliphatic heterocycles. The van der Waals surface area contributed by atoms with Crippen LogP contribution in [-0.4, -0.2) is 33.3 Å². The molecule has 1 aliphatic rings. The molecule has 0 saturated carbocycles. The van der Waals surface area contributed by atoms with Gasteiger partial charge in [0.15, 0.2) is 0 Å². The van der Waals surface area contributed by atoms with E-state index in [-0.39, 0.29) is 16.7 Å². The standard InChI is InChI=1S/C31H31N5O4/c1-19-31(36(37)38)20(2)35(34-19)17-23-15-22(9-12-28(23)39-3)29-30-25(13-14-32-29)26-16-24(10-11-27(26)33-30)40-18-21-7-5-4-6-8-21/h4-12,15-16,29,32-33H,13-14,17-18H2,1-3H3/t29-/m0/s1. The molecule has 3 aromatic carbocycles. The van der Waals surface area contributed by atoms with Gasteiger partial charge in [0.25, 0.3) is 0 Å². The fraction of sp³-hybridized carbons (Fsp3) is 0.258. The molecule has 0 amide bonds. The molecule has 0 spiro atoms. The Morgan fingerprint density at radius 2 is 1.93 bits per heavy atom. The van der Waals surface area contributed by atoms with E-state index in [0.717, 1.165) is 46.6 Å². The van der Waals surface area contributed by atoms with Gasteiger partial charge in [-0.2, -0.15) is 5.10 Å². The third kappa shape index (κ3) is 4.69. The van der Waals surface area contributed by atoms with Gasteiger partial charge >= 0.3 is 5.69 Å². The van der Waals surface area contributed by atoms with Gasteiger partial charge in [-0.3, -0.25) is 14.8 Å². The lowest BCUT2D eigenvalue weighted by atomic mass is 9.93. The minimum Gasteiger partial charge on any atom is -0.496 e. The molecule has 0 bridgehead atoms. The number of methoxy groups -OCH3 is 1. The van der Waals surface area contributed by atoms with Gasteiger partial charge in [-0.15, -0.1) is 0 Å². The zero-order valence-electron chi connectivity index (χ0n) is 22.7. The van der Waals surface area contributed by atoms with Crippen molar-refractivity contribution >= 4 is 16.6 Å². The molecule has 9 nitrogen and oxygen atoms in total. The number of aryl methyl sites for hydroxylation is 1. The third-order valence-corrected chi connectivity index (χ3v) is 7.65. The van der Waals surface area contributed by atoms with Crippen molar-refractivity contribution < 1.29 is 14.4 Å². The SMILES string of the molecule is COc1ccc([C@@H]2NCCc3c2[nH]c2ccc(OCc4ccccc4)cc32)cc1Cn1nc(C)c([N+](=O)[O-])c1C. The number of fused-ring (bicyclic) bond motifs is 3. The minimum atomic E-state index is -0.372. The number of aromatic nitrogens is 3. The number of aromatic amines is 1. The largest absolute Gasteiger partial charge is 0.496 e. The quantitative estimate of drug-likeness (QED) is 0.193. The van der Waals surface area contributed by atoms with E-state index in [9.17, 15) is 10.1 Å². The predicted molar refractivity (Wildman–Crippen MR) is 153 cm³/mol. The first-order valence-corrected chi connectivity index (χ1v) is 13.3. The Balaban J connectivity index is 1.31. The summed E-state index contributed by atoms with van der Waals surface area (Å²) in [6, 6.07) is 22.5. The molecule has 2 N–H and O–H groups in total. The van der Waals surface area contributed by atoms with Crippen LogP contribution in [0.4, 0.5) is 5.69 Å². The second kappa shape index (κ2) is 10.5. The first-order chi connectivity index (χ1) is 19.4. The lowest BCUT2D eigenvalue weighted by molar-refractivity contribution is -0.386. The molecule has 6 rings (SSSR count). The highest BCUT2D eigenvalue weighted by Gasteiger charge is 2.27. The summed E-state index contributed by atoms with van der Waals surface area (Å²) in [6.45, 7) is 5.12. The summed E-state index contributed by atoms with van der Waals surface area (Å²) >= 11 is 0. The maximum Gasteiger partial charge on any atom is 0.312 e. The molecule has 3 heterocycles. The highest BCUT2D eigenvalue weighted by Crippen LogP contribution is 2.37. The van der Waals surface area contributed by atoms with E-state index in [1.807, 2.05) is 30.3 Å². The molecule has 0 radical (unpaired) electrons. The molecule has 40 heavy (non-hydrogen) atoms. The first kappa shape index (κ1) is 25.6. The molecule has 204 valence electrons. The summed E-state index contributed by atoms with van der Waals surface area (Å²) < 4.78 is 13.4. The molecule has 9 heteroatoms. The van der Waals surface area contributed by atoms with Crippen LogP contribution >= 0.6 is 0 Å². The van der Waals surface area contributed by atoms with Crippen molar-refractivity contribution in [3.8, 4) is 11.5 Å². The summed E-state index contributed by atoms with van der Waals surface area (Å²) in [5, 5.41) is 20.8. The Bertz CT molecular complexity index is 1710. The van der Waals surface area contributed by atoms with E-state index in [4.69, 9.17) is 9.47 Å². The Kier molecular flexibility index (Phi) is 6.73. The van der Waals surface area contributed by atoms with E-state index in [1.54, 1.807) is 25.6 Å². The molecule has 0 saturated heterocycles. The van der Waals surface area contributed by atoms with E-state index in [0.29, 0.717) is 30.3 Å². The molecule has 0 aliphatic carbocycles. The lowest BCUT2D eigenvalue weighted by Gasteiger charge is -2.25. The lowest BCUT2D eigenvalue weighted by Crippen LogP contribution is -2.30. The van der Waals surface area contributed by atoms with Crippen molar-refractivity contribution in [3.05, 3.63) is 116 Å². The van der Waals surface area contributed by atoms with Gasteiger partial charge in [-0.05, 0) is 67.3 Å². The van der Waals surface area contributed by atoms with Crippen molar-refractivity contribution in [1.82, 2.24) is 20.1 Å². The molecular weight excluding hydrogens is 506 g/mol. The number of nitrogens with one attached hydrogen (secondary N) is 2. The van der Waals surface area contributed by atoms with Crippen molar-refractivity contribution in [2.24, 2.45) is 0 Å². The predicted octanol–water partition coefficient (Wildman–Crippen LogP) is 5.76. The highest BCUT2D eigenvalue weighted by molar-refractivity contribution is 5.86. The normalized spacial score (nSPS) is 14.7. The minimum absolute atomic E-state index is 0.0377. The van der Waals surface area contributed by atoms with E-state index >= 15 is 0 Å². The fourth-order valence-electron chi connectivity index (χ4n) is 5.69. The van der Waals surface area contributed by atoms with Crippen molar-refractivity contribution in [3.63, 3.8) is 0 Å². The zero-order valence-corrected chi connectivity index (χ0v) is 22.7. The second-order valence-electron chi connectivity index (χ2n) is 10.1. The van der Waals surface area contributed by atoms with Crippen LogP contribution in [0.1, 0.15) is 45.4 Å². The second-order valence-corrected chi connectivity index (χ2v) is 10.1. The molecule has 1 atom stereocenters. The summed E-state index contributed by atoms with van der Waals surface area (Å²) in [4.78, 5) is 14.8. The number of benzene rings is 3. The van der Waals surface area contributed by atoms with E-state index in [1.165, 1.54) is 10.9 Å². The fourth-order valence-corrected chi connectivity index (χ4v) is 5.69. The number of nitrogens with zero attached hydrogens (tertiary/aromatic N) is 3. The van der Waals surface area contributed by atoms with Crippen molar-refractivity contribution in [1.29, 1.82) is 0 Å². The number of ether oxygens (including phenoxy) is 2. The Morgan fingerprint density at radius 3 is 2.67 bits per heavy atom. The van der Waals surface area contributed by atoms with Crippen LogP contribution in [0.2, 0.25) is 0 Å². The number of hydrogen-bond donors (Lipinski definition) is 2. The average molecular weight is 538 g/mol. The monoisotopic (exact) mass is 537 g/mol. The zero-order chi connectivity index (χ0) is 27.8. The van der Waals surface area contributed by atoms with Crippen LogP contribution in [-0.2, 0) is 19.6 Å². The van der Waals surface area contributed by atoms with Gasteiger partial charge in [0.05, 0.1) is 24.6 Å². The number of H-pyrrole nitrogens is 1. The topological polar surface area (TPSA) is 107 Å². The number of nitro groups is 1. The third-order valence-electron chi connectivity index (χ3n) is 7.65. The Morgan fingerprint density at radius 1 is 1.10 bits per heavy atom. The van der Waals surface area contributed by atoms with Gasteiger partial charge in [0.2, 0.25) is 0 Å². The van der Waals surface area contributed by atoms with Gasteiger partial charge in [-0.25, -0.2) is 0 Å². The average Bonchev–Trinajstić information content (AvgIpc) is 3.47. The van der Waals surface area contributed by atoms with Gasteiger partial charge < -0.3 is 19.8 Å². The van der Waals surface area contributed by atoms with Gasteiger partial charge in [0.1, 0.15) is 29.5 Å². The van der Waals surface area contributed by atoms with Crippen LogP contribution in [0.3, 0.4) is 0 Å². The van der Waals surface area contributed by atoms with E-state index in [2.05, 4.69) is 51.8 Å². The summed E-state index contributed by atoms with van der Waals surface area (Å²) in [6.07, 6.45) is 0.909. The summed E-state index contributed by atoms with van der Waals surface area (Å²) in [5.74, 6) is 1.56. The van der Waals surface area contributed by atoms with Crippen molar-refractivity contribution in [2.45, 2.75) is 39.5 Å². The Hall–Kier alpha value is -4.63. The molecule has 5 aromatic rings. The van der Waals surface area contributed by atoms with Crippen LogP contribution in [0.5, 0.6) is 11.5 Å². The van der Waals surface area contributed by atoms with Crippen molar-refractivity contribution in [2.75, 3.05) is 13.7 Å². The maximum absolute atomic E-state index is 11.5. The van der Waals surface area contributed by atoms with Crippen LogP contribution in [0.25, 0.3) is 10.9 Å². The summed E-state index contributed by atoms with van der Waals surface area (Å²) in [5.41, 5.74) is 7.61. The first-order valence-electron chi connectivity index (χ1n) is 13.3. The maximum atomic E-state index is 11.5. The molecule has 0 unspecified atom stereocenters.